The number of carbonyl (C=O) groups is 1. The van der Waals surface area contributed by atoms with Gasteiger partial charge < -0.3 is 21.3 Å². The predicted octanol–water partition coefficient (Wildman–Crippen LogP) is 1.19. The lowest BCUT2D eigenvalue weighted by molar-refractivity contribution is 0.247. The number of unbranched alkanes of at least 4 members (excludes halogenated alkanes) is 1. The van der Waals surface area contributed by atoms with Crippen molar-refractivity contribution in [1.82, 2.24) is 21.3 Å². The van der Waals surface area contributed by atoms with Gasteiger partial charge in [-0.15, -0.1) is 0 Å². The summed E-state index contributed by atoms with van der Waals surface area (Å²) in [6, 6.07) is 1.03. The molecule has 0 aromatic rings. The fourth-order valence-electron chi connectivity index (χ4n) is 2.63. The van der Waals surface area contributed by atoms with E-state index in [9.17, 15) is 4.79 Å². The summed E-state index contributed by atoms with van der Waals surface area (Å²) in [5.74, 6) is 1.04. The lowest BCUT2D eigenvalue weighted by Crippen LogP contribution is -2.39. The van der Waals surface area contributed by atoms with Crippen LogP contribution in [0.1, 0.15) is 33.1 Å². The maximum Gasteiger partial charge on any atom is 0.315 e. The van der Waals surface area contributed by atoms with E-state index in [1.165, 1.54) is 0 Å². The van der Waals surface area contributed by atoms with Gasteiger partial charge in [-0.05, 0) is 38.9 Å². The molecule has 5 nitrogen and oxygen atoms in total. The van der Waals surface area contributed by atoms with Crippen LogP contribution in [-0.4, -0.2) is 46.8 Å². The maximum absolute atomic E-state index is 11.3. The van der Waals surface area contributed by atoms with Crippen LogP contribution in [0.15, 0.2) is 0 Å². The van der Waals surface area contributed by atoms with Crippen LogP contribution < -0.4 is 21.3 Å². The van der Waals surface area contributed by atoms with Crippen molar-refractivity contribution < 1.29 is 4.79 Å². The molecule has 0 bridgehead atoms. The number of rotatable bonds is 6. The lowest BCUT2D eigenvalue weighted by atomic mass is 10.0. The van der Waals surface area contributed by atoms with Gasteiger partial charge in [-0.3, -0.25) is 0 Å². The Morgan fingerprint density at radius 2 is 2.25 bits per heavy atom. The Balaban J connectivity index is 1.55. The Kier molecular flexibility index (Phi) is 5.77. The molecule has 2 aliphatic heterocycles. The fraction of sp³-hybridized carbons (Fsp3) is 0.846. The Hall–Kier alpha value is -0.690. The Morgan fingerprint density at radius 3 is 3.00 bits per heavy atom. The quantitative estimate of drug-likeness (QED) is 0.337. The zero-order valence-electron chi connectivity index (χ0n) is 12.1. The van der Waals surface area contributed by atoms with Crippen LogP contribution in [0.2, 0.25) is 0 Å². The molecule has 2 heterocycles. The minimum Gasteiger partial charge on any atom is -0.363 e. The molecule has 2 saturated heterocycles. The van der Waals surface area contributed by atoms with E-state index in [4.69, 9.17) is 12.2 Å². The number of hydrogen-bond acceptors (Lipinski definition) is 3. The molecule has 4 N–H and O–H groups in total. The van der Waals surface area contributed by atoms with E-state index < -0.39 is 0 Å². The average molecular weight is 316 g/mol. The maximum atomic E-state index is 11.3. The summed E-state index contributed by atoms with van der Waals surface area (Å²) in [6.07, 6.45) is 3.42. The van der Waals surface area contributed by atoms with Crippen LogP contribution in [0.25, 0.3) is 0 Å². The first kappa shape index (κ1) is 15.7. The molecule has 2 amide bonds. The lowest BCUT2D eigenvalue weighted by Gasteiger charge is -2.17. The van der Waals surface area contributed by atoms with Gasteiger partial charge >= 0.3 is 6.03 Å². The Morgan fingerprint density at radius 1 is 1.45 bits per heavy atom. The molecule has 0 radical (unpaired) electrons. The molecular weight excluding hydrogens is 292 g/mol. The molecule has 2 aliphatic rings. The zero-order valence-corrected chi connectivity index (χ0v) is 13.7. The molecule has 3 atom stereocenters. The zero-order chi connectivity index (χ0) is 14.5. The third kappa shape index (κ3) is 4.41. The molecule has 114 valence electrons. The highest BCUT2D eigenvalue weighted by Gasteiger charge is 2.42. The summed E-state index contributed by atoms with van der Waals surface area (Å²) in [5.41, 5.74) is 0. The predicted molar refractivity (Wildman–Crippen MR) is 88.2 cm³/mol. The number of thioether (sulfide) groups is 1. The molecule has 0 unspecified atom stereocenters. The molecule has 20 heavy (non-hydrogen) atoms. The Labute approximate surface area is 130 Å². The first-order valence-corrected chi connectivity index (χ1v) is 8.75. The minimum absolute atomic E-state index is 0.00271. The second kappa shape index (κ2) is 7.36. The normalized spacial score (nSPS) is 27.9. The summed E-state index contributed by atoms with van der Waals surface area (Å²) in [6.45, 7) is 5.06. The number of amides is 2. The van der Waals surface area contributed by atoms with Crippen molar-refractivity contribution in [3.8, 4) is 0 Å². The van der Waals surface area contributed by atoms with E-state index in [0.29, 0.717) is 23.4 Å². The van der Waals surface area contributed by atoms with Crippen LogP contribution in [0.5, 0.6) is 0 Å². The number of hydrogen-bond donors (Lipinski definition) is 4. The smallest absolute Gasteiger partial charge is 0.315 e. The number of urea groups is 1. The van der Waals surface area contributed by atoms with Gasteiger partial charge in [0.1, 0.15) is 0 Å². The van der Waals surface area contributed by atoms with Crippen LogP contribution >= 0.6 is 24.0 Å². The van der Waals surface area contributed by atoms with Crippen molar-refractivity contribution in [3.05, 3.63) is 0 Å². The molecule has 0 aromatic heterocycles. The average Bonchev–Trinajstić information content (AvgIpc) is 2.88. The Bertz CT molecular complexity index is 364. The third-order valence-electron chi connectivity index (χ3n) is 3.56. The van der Waals surface area contributed by atoms with Crippen molar-refractivity contribution >= 4 is 35.1 Å². The van der Waals surface area contributed by atoms with E-state index >= 15 is 0 Å². The standard InChI is InChI=1S/C13H24N4OS2/c1-8(2)15-13(19)14-6-4-3-5-10-11-9(7-20-10)16-12(18)17-11/h8-11H,3-7H2,1-2H3,(H2,14,15,19)(H2,16,17,18)/t9-,10-,11-/m0/s1. The number of nitrogens with one attached hydrogen (secondary N) is 4. The van der Waals surface area contributed by atoms with E-state index in [0.717, 1.165) is 36.7 Å². The number of fused-ring (bicyclic) bond motifs is 1. The van der Waals surface area contributed by atoms with Crippen molar-refractivity contribution in [2.75, 3.05) is 12.3 Å². The van der Waals surface area contributed by atoms with Gasteiger partial charge in [0.15, 0.2) is 5.11 Å². The second-order valence-corrected chi connectivity index (χ2v) is 7.35. The summed E-state index contributed by atoms with van der Waals surface area (Å²) < 4.78 is 0. The highest BCUT2D eigenvalue weighted by molar-refractivity contribution is 8.00. The van der Waals surface area contributed by atoms with Gasteiger partial charge in [0.05, 0.1) is 12.1 Å². The van der Waals surface area contributed by atoms with Gasteiger partial charge in [-0.25, -0.2) is 4.79 Å². The van der Waals surface area contributed by atoms with E-state index in [1.54, 1.807) is 0 Å². The van der Waals surface area contributed by atoms with Crippen LogP contribution in [0.3, 0.4) is 0 Å². The highest BCUT2D eigenvalue weighted by atomic mass is 32.2. The monoisotopic (exact) mass is 316 g/mol. The minimum atomic E-state index is -0.00271. The fourth-order valence-corrected chi connectivity index (χ4v) is 4.51. The van der Waals surface area contributed by atoms with Crippen molar-refractivity contribution in [2.45, 2.75) is 56.5 Å². The van der Waals surface area contributed by atoms with Crippen LogP contribution in [0.4, 0.5) is 4.79 Å². The largest absolute Gasteiger partial charge is 0.363 e. The molecule has 0 aromatic carbocycles. The van der Waals surface area contributed by atoms with Gasteiger partial charge in [-0.2, -0.15) is 11.8 Å². The molecule has 2 fully saturated rings. The van der Waals surface area contributed by atoms with Crippen molar-refractivity contribution in [3.63, 3.8) is 0 Å². The van der Waals surface area contributed by atoms with Gasteiger partial charge in [0, 0.05) is 23.6 Å². The van der Waals surface area contributed by atoms with Crippen LogP contribution in [-0.2, 0) is 0 Å². The molecule has 0 spiro atoms. The van der Waals surface area contributed by atoms with Gasteiger partial charge in [0.2, 0.25) is 0 Å². The van der Waals surface area contributed by atoms with Crippen LogP contribution in [0, 0.1) is 0 Å². The SMILES string of the molecule is CC(C)NC(=S)NCCCC[C@@H]1SC[C@@H]2NC(=O)N[C@@H]21. The van der Waals surface area contributed by atoms with Crippen molar-refractivity contribution in [2.24, 2.45) is 0 Å². The molecule has 7 heteroatoms. The summed E-state index contributed by atoms with van der Waals surface area (Å²) in [7, 11) is 0. The van der Waals surface area contributed by atoms with Crippen molar-refractivity contribution in [1.29, 1.82) is 0 Å². The van der Waals surface area contributed by atoms with E-state index in [2.05, 4.69) is 35.1 Å². The van der Waals surface area contributed by atoms with E-state index in [-0.39, 0.29) is 6.03 Å². The topological polar surface area (TPSA) is 65.2 Å². The van der Waals surface area contributed by atoms with Gasteiger partial charge in [0.25, 0.3) is 0 Å². The van der Waals surface area contributed by atoms with Gasteiger partial charge in [-0.1, -0.05) is 6.42 Å². The third-order valence-corrected chi connectivity index (χ3v) is 5.33. The summed E-state index contributed by atoms with van der Waals surface area (Å²) in [4.78, 5) is 11.3. The molecule has 0 aliphatic carbocycles. The van der Waals surface area contributed by atoms with E-state index in [1.807, 2.05) is 11.8 Å². The highest BCUT2D eigenvalue weighted by Crippen LogP contribution is 2.32. The summed E-state index contributed by atoms with van der Waals surface area (Å²) >= 11 is 7.15. The number of carbonyl (C=O) groups excluding carboxylic acids is 1. The molecule has 0 saturated carbocycles. The molecular formula is C13H24N4OS2. The number of thiocarbonyl (C=S) groups is 1. The first-order valence-electron chi connectivity index (χ1n) is 7.29. The second-order valence-electron chi connectivity index (χ2n) is 5.67. The first-order chi connectivity index (χ1) is 9.56. The summed E-state index contributed by atoms with van der Waals surface area (Å²) in [5, 5.41) is 13.7. The molecule has 2 rings (SSSR count).